The monoisotopic (exact) mass is 447 g/mol. The molecule has 0 bridgehead atoms. The molecule has 178 valence electrons. The lowest BCUT2D eigenvalue weighted by atomic mass is 10.1. The molecule has 32 heavy (non-hydrogen) atoms. The van der Waals surface area contributed by atoms with Crippen LogP contribution >= 0.6 is 0 Å². The maximum atomic E-state index is 12.4. The Bertz CT molecular complexity index is 708. The first-order chi connectivity index (χ1) is 15.5. The molecule has 1 heterocycles. The Morgan fingerprint density at radius 3 is 2.16 bits per heavy atom. The highest BCUT2D eigenvalue weighted by Crippen LogP contribution is 2.21. The van der Waals surface area contributed by atoms with Gasteiger partial charge in [-0.05, 0) is 18.4 Å². The summed E-state index contributed by atoms with van der Waals surface area (Å²) in [5, 5.41) is 9.77. The number of ether oxygens (including phenoxy) is 2. The molecule has 0 saturated carbocycles. The van der Waals surface area contributed by atoms with Gasteiger partial charge in [0.15, 0.2) is 0 Å². The summed E-state index contributed by atoms with van der Waals surface area (Å²) in [7, 11) is 1.30. The highest BCUT2D eigenvalue weighted by Gasteiger charge is 2.39. The standard InChI is InChI=1S/C25H37NO6/c1-31-25(30)22-17-21(27)18-26(22)23(28)15-11-6-4-2-3-5-7-12-16-24(29)32-19-20-13-9-8-10-14-20/h8-10,13-14,21-22,27H,2-7,11-12,15-19H2,1H3/t21-,22+/m1/s1. The minimum absolute atomic E-state index is 0.0869. The van der Waals surface area contributed by atoms with Crippen LogP contribution in [0.3, 0.4) is 0 Å². The van der Waals surface area contributed by atoms with E-state index in [4.69, 9.17) is 9.47 Å². The molecule has 1 fully saturated rings. The smallest absolute Gasteiger partial charge is 0.328 e. The number of likely N-dealkylation sites (tertiary alicyclic amines) is 1. The van der Waals surface area contributed by atoms with Crippen molar-refractivity contribution in [3.05, 3.63) is 35.9 Å². The number of esters is 2. The molecule has 0 aliphatic carbocycles. The van der Waals surface area contributed by atoms with Crippen molar-refractivity contribution < 1.29 is 29.0 Å². The summed E-state index contributed by atoms with van der Waals surface area (Å²) in [6.45, 7) is 0.544. The van der Waals surface area contributed by atoms with Gasteiger partial charge in [0.1, 0.15) is 12.6 Å². The zero-order chi connectivity index (χ0) is 23.2. The van der Waals surface area contributed by atoms with Gasteiger partial charge in [-0.15, -0.1) is 0 Å². The molecule has 1 aromatic rings. The number of aliphatic hydroxyl groups excluding tert-OH is 1. The zero-order valence-corrected chi connectivity index (χ0v) is 19.2. The topological polar surface area (TPSA) is 93.1 Å². The van der Waals surface area contributed by atoms with E-state index in [1.807, 2.05) is 30.3 Å². The SMILES string of the molecule is COC(=O)[C@@H]1C[C@@H](O)CN1C(=O)CCCCCCCCCCC(=O)OCc1ccccc1. The number of amides is 1. The van der Waals surface area contributed by atoms with Crippen molar-refractivity contribution in [3.63, 3.8) is 0 Å². The highest BCUT2D eigenvalue weighted by atomic mass is 16.5. The fraction of sp³-hybridized carbons (Fsp3) is 0.640. The van der Waals surface area contributed by atoms with Crippen LogP contribution in [0, 0.1) is 0 Å². The molecule has 1 saturated heterocycles. The third kappa shape index (κ3) is 9.39. The van der Waals surface area contributed by atoms with E-state index < -0.39 is 18.1 Å². The highest BCUT2D eigenvalue weighted by molar-refractivity contribution is 5.85. The van der Waals surface area contributed by atoms with Gasteiger partial charge in [-0.25, -0.2) is 4.79 Å². The second-order valence-corrected chi connectivity index (χ2v) is 8.45. The number of methoxy groups -OCH3 is 1. The molecule has 0 radical (unpaired) electrons. The van der Waals surface area contributed by atoms with Crippen LogP contribution in [0.25, 0.3) is 0 Å². The van der Waals surface area contributed by atoms with E-state index in [0.717, 1.165) is 56.9 Å². The van der Waals surface area contributed by atoms with E-state index in [-0.39, 0.29) is 24.8 Å². The molecule has 0 unspecified atom stereocenters. The lowest BCUT2D eigenvalue weighted by Gasteiger charge is -2.22. The van der Waals surface area contributed by atoms with Crippen LogP contribution in [0.15, 0.2) is 30.3 Å². The number of rotatable bonds is 14. The van der Waals surface area contributed by atoms with E-state index in [9.17, 15) is 19.5 Å². The number of unbranched alkanes of at least 4 members (excludes halogenated alkanes) is 7. The summed E-state index contributed by atoms with van der Waals surface area (Å²) in [4.78, 5) is 37.4. The minimum atomic E-state index is -0.659. The Hall–Kier alpha value is -2.41. The molecule has 0 aromatic heterocycles. The molecule has 7 nitrogen and oxygen atoms in total. The van der Waals surface area contributed by atoms with Crippen molar-refractivity contribution in [1.29, 1.82) is 0 Å². The normalized spacial score (nSPS) is 17.9. The average Bonchev–Trinajstić information content (AvgIpc) is 3.20. The fourth-order valence-electron chi connectivity index (χ4n) is 4.01. The molecule has 0 spiro atoms. The Balaban J connectivity index is 1.43. The van der Waals surface area contributed by atoms with Crippen LogP contribution in [0.1, 0.15) is 76.2 Å². The molecule has 1 aromatic carbocycles. The van der Waals surface area contributed by atoms with Crippen LogP contribution < -0.4 is 0 Å². The van der Waals surface area contributed by atoms with Gasteiger partial charge in [0.25, 0.3) is 0 Å². The predicted octanol–water partition coefficient (Wildman–Crippen LogP) is 3.77. The third-order valence-corrected chi connectivity index (χ3v) is 5.84. The molecule has 7 heteroatoms. The number of carbonyl (C=O) groups is 3. The van der Waals surface area contributed by atoms with Gasteiger partial charge in [0.2, 0.25) is 5.91 Å². The summed E-state index contributed by atoms with van der Waals surface area (Å²) >= 11 is 0. The first-order valence-electron chi connectivity index (χ1n) is 11.8. The van der Waals surface area contributed by atoms with Crippen LogP contribution in [-0.2, 0) is 30.5 Å². The van der Waals surface area contributed by atoms with Crippen molar-refractivity contribution >= 4 is 17.8 Å². The van der Waals surface area contributed by atoms with Crippen molar-refractivity contribution in [2.75, 3.05) is 13.7 Å². The van der Waals surface area contributed by atoms with Crippen LogP contribution in [0.2, 0.25) is 0 Å². The molecule has 2 atom stereocenters. The fourth-order valence-corrected chi connectivity index (χ4v) is 4.01. The minimum Gasteiger partial charge on any atom is -0.467 e. The molecular weight excluding hydrogens is 410 g/mol. The van der Waals surface area contributed by atoms with Gasteiger partial charge in [-0.1, -0.05) is 68.9 Å². The van der Waals surface area contributed by atoms with Crippen molar-refractivity contribution in [2.45, 2.75) is 89.4 Å². The van der Waals surface area contributed by atoms with E-state index in [0.29, 0.717) is 19.4 Å². The van der Waals surface area contributed by atoms with Gasteiger partial charge in [0, 0.05) is 25.8 Å². The maximum absolute atomic E-state index is 12.4. The van der Waals surface area contributed by atoms with Crippen LogP contribution in [-0.4, -0.2) is 53.7 Å². The van der Waals surface area contributed by atoms with E-state index in [1.54, 1.807) is 0 Å². The maximum Gasteiger partial charge on any atom is 0.328 e. The lowest BCUT2D eigenvalue weighted by Crippen LogP contribution is -2.41. The van der Waals surface area contributed by atoms with Crippen molar-refractivity contribution in [3.8, 4) is 0 Å². The molecule has 2 rings (SSSR count). The second kappa shape index (κ2) is 14.6. The van der Waals surface area contributed by atoms with E-state index >= 15 is 0 Å². The first kappa shape index (κ1) is 25.8. The summed E-state index contributed by atoms with van der Waals surface area (Å²) < 4.78 is 10.0. The molecule has 1 N–H and O–H groups in total. The Morgan fingerprint density at radius 2 is 1.53 bits per heavy atom. The van der Waals surface area contributed by atoms with Gasteiger partial charge < -0.3 is 19.5 Å². The molecule has 1 aliphatic rings. The summed E-state index contributed by atoms with van der Waals surface area (Å²) in [5.41, 5.74) is 1.00. The quantitative estimate of drug-likeness (QED) is 0.345. The van der Waals surface area contributed by atoms with Gasteiger partial charge in [0.05, 0.1) is 13.2 Å². The molecular formula is C25H37NO6. The van der Waals surface area contributed by atoms with Gasteiger partial charge >= 0.3 is 11.9 Å². The summed E-state index contributed by atoms with van der Waals surface area (Å²) in [6.07, 6.45) is 8.47. The Morgan fingerprint density at radius 1 is 0.938 bits per heavy atom. The largest absolute Gasteiger partial charge is 0.467 e. The molecule has 1 amide bonds. The molecule has 1 aliphatic heterocycles. The zero-order valence-electron chi connectivity index (χ0n) is 19.2. The number of hydrogen-bond donors (Lipinski definition) is 1. The lowest BCUT2D eigenvalue weighted by molar-refractivity contribution is -0.151. The summed E-state index contributed by atoms with van der Waals surface area (Å²) in [5.74, 6) is -0.686. The summed E-state index contributed by atoms with van der Waals surface area (Å²) in [6, 6.07) is 9.03. The first-order valence-corrected chi connectivity index (χ1v) is 11.8. The van der Waals surface area contributed by atoms with E-state index in [2.05, 4.69) is 0 Å². The van der Waals surface area contributed by atoms with E-state index in [1.165, 1.54) is 12.0 Å². The number of aliphatic hydroxyl groups is 1. The number of benzene rings is 1. The second-order valence-electron chi connectivity index (χ2n) is 8.45. The van der Waals surface area contributed by atoms with Crippen molar-refractivity contribution in [2.24, 2.45) is 0 Å². The number of β-amino-alcohol motifs (C(OH)–C–C–N with tert-alkyl or cyclic N) is 1. The van der Waals surface area contributed by atoms with Crippen LogP contribution in [0.4, 0.5) is 0 Å². The third-order valence-electron chi connectivity index (χ3n) is 5.84. The van der Waals surface area contributed by atoms with Gasteiger partial charge in [-0.3, -0.25) is 9.59 Å². The Kier molecular flexibility index (Phi) is 11.8. The predicted molar refractivity (Wildman–Crippen MR) is 121 cm³/mol. The average molecular weight is 448 g/mol. The van der Waals surface area contributed by atoms with Crippen molar-refractivity contribution in [1.82, 2.24) is 4.90 Å². The number of carbonyl (C=O) groups excluding carboxylic acids is 3. The van der Waals surface area contributed by atoms with Crippen LogP contribution in [0.5, 0.6) is 0 Å². The van der Waals surface area contributed by atoms with Gasteiger partial charge in [-0.2, -0.15) is 0 Å². The number of nitrogens with zero attached hydrogens (tertiary/aromatic N) is 1. The number of hydrogen-bond acceptors (Lipinski definition) is 6. The Labute approximate surface area is 191 Å².